The summed E-state index contributed by atoms with van der Waals surface area (Å²) in [5.74, 6) is 0.931. The number of allylic oxidation sites excluding steroid dienone is 2. The van der Waals surface area contributed by atoms with Crippen LogP contribution in [0.3, 0.4) is 0 Å². The number of rotatable bonds is 3. The molecule has 0 saturated heterocycles. The van der Waals surface area contributed by atoms with E-state index in [4.69, 9.17) is 0 Å². The van der Waals surface area contributed by atoms with Crippen LogP contribution in [0.1, 0.15) is 13.8 Å². The molecule has 0 aliphatic heterocycles. The molecule has 0 atom stereocenters. The van der Waals surface area contributed by atoms with Crippen LogP contribution in [0.2, 0.25) is 0 Å². The van der Waals surface area contributed by atoms with E-state index in [0.29, 0.717) is 0 Å². The molecule has 0 aromatic carbocycles. The average Bonchev–Trinajstić information content (AvgIpc) is 2.19. The van der Waals surface area contributed by atoms with E-state index in [-0.39, 0.29) is 0 Å². The van der Waals surface area contributed by atoms with Crippen molar-refractivity contribution < 1.29 is 0 Å². The van der Waals surface area contributed by atoms with Gasteiger partial charge in [-0.25, -0.2) is 0 Å². The number of hydrogen-bond acceptors (Lipinski definition) is 2. The van der Waals surface area contributed by atoms with Gasteiger partial charge in [0, 0.05) is 21.1 Å². The quantitative estimate of drug-likeness (QED) is 0.678. The predicted molar refractivity (Wildman–Crippen MR) is 63.6 cm³/mol. The lowest BCUT2D eigenvalue weighted by molar-refractivity contribution is 0.479. The first-order chi connectivity index (χ1) is 6.09. The fourth-order valence-electron chi connectivity index (χ4n) is 0.224. The van der Waals surface area contributed by atoms with E-state index in [1.54, 1.807) is 12.2 Å². The maximum Gasteiger partial charge on any atom is 0.0930 e. The van der Waals surface area contributed by atoms with Gasteiger partial charge in [-0.2, -0.15) is 0 Å². The Morgan fingerprint density at radius 3 is 1.46 bits per heavy atom. The molecule has 0 fully saturated rings. The zero-order valence-electron chi connectivity index (χ0n) is 9.72. The van der Waals surface area contributed by atoms with E-state index in [1.165, 1.54) is 0 Å². The Morgan fingerprint density at radius 2 is 1.46 bits per heavy atom. The van der Waals surface area contributed by atoms with E-state index in [0.717, 1.165) is 5.82 Å². The van der Waals surface area contributed by atoms with Gasteiger partial charge in [-0.15, -0.1) is 0 Å². The molecule has 0 rings (SSSR count). The number of hydrogen-bond donors (Lipinski definition) is 1. The second-order valence-electron chi connectivity index (χ2n) is 2.06. The second-order valence-corrected chi connectivity index (χ2v) is 2.06. The lowest BCUT2D eigenvalue weighted by Crippen LogP contribution is -2.20. The predicted octanol–water partition coefficient (Wildman–Crippen LogP) is 2.62. The van der Waals surface area contributed by atoms with Gasteiger partial charge in [0.25, 0.3) is 0 Å². The SMILES string of the molecule is C=C(NC)N(C)C.C=CC=C.CC. The maximum atomic E-state index is 3.69. The molecule has 0 aliphatic carbocycles. The standard InChI is InChI=1S/C5H12N2.C4H6.C2H6/c1-5(6-2)7(3)4;1-3-4-2;1-2/h6H,1H2,2-4H3;3-4H,1-2H2;1-2H3. The van der Waals surface area contributed by atoms with Crippen LogP contribution >= 0.6 is 0 Å². The minimum absolute atomic E-state index is 0.931. The molecule has 0 aromatic rings. The maximum absolute atomic E-state index is 3.69. The highest BCUT2D eigenvalue weighted by Crippen LogP contribution is 1.82. The lowest BCUT2D eigenvalue weighted by Gasteiger charge is -2.13. The fraction of sp³-hybridized carbons (Fsp3) is 0.455. The summed E-state index contributed by atoms with van der Waals surface area (Å²) in [6, 6.07) is 0. The summed E-state index contributed by atoms with van der Waals surface area (Å²) in [6.07, 6.45) is 3.28. The second kappa shape index (κ2) is 17.1. The minimum atomic E-state index is 0.931. The van der Waals surface area contributed by atoms with Crippen LogP contribution in [0.4, 0.5) is 0 Å². The molecule has 0 heterocycles. The molecule has 1 N–H and O–H groups in total. The van der Waals surface area contributed by atoms with Crippen molar-refractivity contribution in [2.45, 2.75) is 13.8 Å². The first-order valence-corrected chi connectivity index (χ1v) is 4.37. The normalized spacial score (nSPS) is 6.23. The molecule has 0 bridgehead atoms. The number of nitrogens with zero attached hydrogens (tertiary/aromatic N) is 1. The highest BCUT2D eigenvalue weighted by Gasteiger charge is 1.85. The smallest absolute Gasteiger partial charge is 0.0930 e. The molecular weight excluding hydrogens is 160 g/mol. The highest BCUT2D eigenvalue weighted by molar-refractivity contribution is 4.88. The molecule has 0 amide bonds. The third-order valence-electron chi connectivity index (χ3n) is 0.995. The molecule has 0 spiro atoms. The van der Waals surface area contributed by atoms with E-state index < -0.39 is 0 Å². The van der Waals surface area contributed by atoms with Crippen molar-refractivity contribution in [3.05, 3.63) is 37.7 Å². The molecule has 78 valence electrons. The molecule has 0 aromatic heterocycles. The van der Waals surface area contributed by atoms with Crippen molar-refractivity contribution in [2.24, 2.45) is 0 Å². The van der Waals surface area contributed by atoms with Crippen LogP contribution in [0, 0.1) is 0 Å². The van der Waals surface area contributed by atoms with E-state index in [9.17, 15) is 0 Å². The summed E-state index contributed by atoms with van der Waals surface area (Å²) in [7, 11) is 5.74. The van der Waals surface area contributed by atoms with Crippen molar-refractivity contribution in [3.8, 4) is 0 Å². The van der Waals surface area contributed by atoms with Gasteiger partial charge in [-0.3, -0.25) is 0 Å². The van der Waals surface area contributed by atoms with Gasteiger partial charge in [-0.1, -0.05) is 45.7 Å². The van der Waals surface area contributed by atoms with Crippen LogP contribution in [-0.4, -0.2) is 26.0 Å². The Hall–Kier alpha value is -1.18. The zero-order valence-corrected chi connectivity index (χ0v) is 9.72. The van der Waals surface area contributed by atoms with Crippen molar-refractivity contribution in [1.29, 1.82) is 0 Å². The van der Waals surface area contributed by atoms with Gasteiger partial charge in [-0.05, 0) is 0 Å². The van der Waals surface area contributed by atoms with Crippen molar-refractivity contribution >= 4 is 0 Å². The van der Waals surface area contributed by atoms with E-state index in [1.807, 2.05) is 39.9 Å². The van der Waals surface area contributed by atoms with Crippen LogP contribution in [-0.2, 0) is 0 Å². The van der Waals surface area contributed by atoms with Crippen LogP contribution in [0.15, 0.2) is 37.7 Å². The van der Waals surface area contributed by atoms with Crippen molar-refractivity contribution in [1.82, 2.24) is 10.2 Å². The number of nitrogens with one attached hydrogen (secondary N) is 1. The van der Waals surface area contributed by atoms with Gasteiger partial charge in [0.05, 0.1) is 5.82 Å². The molecule has 13 heavy (non-hydrogen) atoms. The van der Waals surface area contributed by atoms with Crippen LogP contribution in [0.25, 0.3) is 0 Å². The van der Waals surface area contributed by atoms with Crippen LogP contribution in [0.5, 0.6) is 0 Å². The Labute approximate surface area is 83.6 Å². The monoisotopic (exact) mass is 184 g/mol. The lowest BCUT2D eigenvalue weighted by atomic mass is 10.6. The third-order valence-corrected chi connectivity index (χ3v) is 0.995. The van der Waals surface area contributed by atoms with Crippen molar-refractivity contribution in [2.75, 3.05) is 21.1 Å². The van der Waals surface area contributed by atoms with Gasteiger partial charge in [0.2, 0.25) is 0 Å². The summed E-state index contributed by atoms with van der Waals surface area (Å²) < 4.78 is 0. The Balaban J connectivity index is -0.000000142. The summed E-state index contributed by atoms with van der Waals surface area (Å²) in [6.45, 7) is 14.4. The Morgan fingerprint density at radius 1 is 1.15 bits per heavy atom. The van der Waals surface area contributed by atoms with Gasteiger partial charge in [0.15, 0.2) is 0 Å². The first-order valence-electron chi connectivity index (χ1n) is 4.37. The third kappa shape index (κ3) is 24.8. The van der Waals surface area contributed by atoms with Crippen LogP contribution < -0.4 is 5.32 Å². The summed E-state index contributed by atoms with van der Waals surface area (Å²) >= 11 is 0. The molecular formula is C11H24N2. The average molecular weight is 184 g/mol. The molecule has 0 saturated carbocycles. The molecule has 2 heteroatoms. The molecule has 0 aliphatic rings. The Bertz CT molecular complexity index is 120. The molecule has 2 nitrogen and oxygen atoms in total. The van der Waals surface area contributed by atoms with Gasteiger partial charge < -0.3 is 10.2 Å². The minimum Gasteiger partial charge on any atom is -0.375 e. The zero-order chi connectivity index (χ0) is 11.3. The summed E-state index contributed by atoms with van der Waals surface area (Å²) in [5, 5.41) is 2.90. The summed E-state index contributed by atoms with van der Waals surface area (Å²) in [5.41, 5.74) is 0. The van der Waals surface area contributed by atoms with E-state index >= 15 is 0 Å². The van der Waals surface area contributed by atoms with E-state index in [2.05, 4.69) is 25.1 Å². The van der Waals surface area contributed by atoms with Crippen molar-refractivity contribution in [3.63, 3.8) is 0 Å². The van der Waals surface area contributed by atoms with Gasteiger partial charge >= 0.3 is 0 Å². The first kappa shape index (κ1) is 17.8. The molecule has 0 unspecified atom stereocenters. The fourth-order valence-corrected chi connectivity index (χ4v) is 0.224. The topological polar surface area (TPSA) is 15.3 Å². The van der Waals surface area contributed by atoms with Gasteiger partial charge in [0.1, 0.15) is 0 Å². The largest absolute Gasteiger partial charge is 0.375 e. The molecule has 0 radical (unpaired) electrons. The summed E-state index contributed by atoms with van der Waals surface area (Å²) in [4.78, 5) is 1.92. The Kier molecular flexibility index (Phi) is 23.3. The highest BCUT2D eigenvalue weighted by atomic mass is 15.2.